The van der Waals surface area contributed by atoms with Gasteiger partial charge in [0.15, 0.2) is 0 Å². The first-order valence-electron chi connectivity index (χ1n) is 6.62. The Morgan fingerprint density at radius 1 is 1.33 bits per heavy atom. The van der Waals surface area contributed by atoms with Crippen molar-refractivity contribution >= 4 is 11.6 Å². The maximum Gasteiger partial charge on any atom is 0.232 e. The van der Waals surface area contributed by atoms with E-state index in [2.05, 4.69) is 10.3 Å². The molecule has 0 spiro atoms. The molecule has 0 bridgehead atoms. The quantitative estimate of drug-likeness (QED) is 0.861. The minimum atomic E-state index is -0.401. The number of amides is 1. The van der Waals surface area contributed by atoms with Crippen molar-refractivity contribution < 1.29 is 4.79 Å². The number of rotatable bonds is 3. The van der Waals surface area contributed by atoms with E-state index in [1.165, 1.54) is 6.42 Å². The summed E-state index contributed by atoms with van der Waals surface area (Å²) in [5.41, 5.74) is 6.47. The zero-order chi connectivity index (χ0) is 13.0. The van der Waals surface area contributed by atoms with Gasteiger partial charge in [-0.3, -0.25) is 9.78 Å². The van der Waals surface area contributed by atoms with E-state index in [4.69, 9.17) is 5.73 Å². The summed E-state index contributed by atoms with van der Waals surface area (Å²) in [6.07, 6.45) is 8.51. The minimum absolute atomic E-state index is 0.0587. The van der Waals surface area contributed by atoms with Crippen molar-refractivity contribution in [2.24, 2.45) is 11.1 Å². The summed E-state index contributed by atoms with van der Waals surface area (Å²) in [6, 6.07) is 3.49. The van der Waals surface area contributed by atoms with Crippen molar-refractivity contribution in [1.29, 1.82) is 0 Å². The number of nitrogens with zero attached hydrogens (tertiary/aromatic N) is 1. The molecular formula is C14H21N3O. The van der Waals surface area contributed by atoms with Crippen molar-refractivity contribution in [3.8, 4) is 0 Å². The Bertz CT molecular complexity index is 397. The number of aromatic nitrogens is 1. The van der Waals surface area contributed by atoms with E-state index >= 15 is 0 Å². The van der Waals surface area contributed by atoms with Gasteiger partial charge in [0.05, 0.1) is 5.41 Å². The van der Waals surface area contributed by atoms with Crippen LogP contribution < -0.4 is 11.1 Å². The molecule has 18 heavy (non-hydrogen) atoms. The Morgan fingerprint density at radius 3 is 2.50 bits per heavy atom. The normalized spacial score (nSPS) is 20.1. The molecule has 4 nitrogen and oxygen atoms in total. The monoisotopic (exact) mass is 247 g/mol. The Morgan fingerprint density at radius 2 is 1.94 bits per heavy atom. The summed E-state index contributed by atoms with van der Waals surface area (Å²) in [7, 11) is 0. The van der Waals surface area contributed by atoms with E-state index in [1.54, 1.807) is 24.5 Å². The fourth-order valence-electron chi connectivity index (χ4n) is 2.76. The number of carbonyl (C=O) groups excluding carboxylic acids is 1. The number of pyridine rings is 1. The molecule has 4 heteroatoms. The number of hydrogen-bond donors (Lipinski definition) is 2. The summed E-state index contributed by atoms with van der Waals surface area (Å²) in [5, 5.41) is 2.97. The van der Waals surface area contributed by atoms with Gasteiger partial charge in [-0.1, -0.05) is 19.3 Å². The first-order chi connectivity index (χ1) is 8.65. The largest absolute Gasteiger partial charge is 0.327 e. The van der Waals surface area contributed by atoms with E-state index in [1.807, 2.05) is 6.92 Å². The first-order valence-corrected chi connectivity index (χ1v) is 6.62. The van der Waals surface area contributed by atoms with Crippen LogP contribution in [0.2, 0.25) is 0 Å². The number of carbonyl (C=O) groups is 1. The lowest BCUT2D eigenvalue weighted by atomic mass is 9.69. The van der Waals surface area contributed by atoms with Gasteiger partial charge < -0.3 is 11.1 Å². The van der Waals surface area contributed by atoms with Crippen LogP contribution >= 0.6 is 0 Å². The molecular weight excluding hydrogens is 226 g/mol. The van der Waals surface area contributed by atoms with Crippen LogP contribution in [-0.4, -0.2) is 16.9 Å². The highest BCUT2D eigenvalue weighted by atomic mass is 16.2. The van der Waals surface area contributed by atoms with Crippen LogP contribution in [0.4, 0.5) is 5.69 Å². The third-order valence-electron chi connectivity index (χ3n) is 4.01. The van der Waals surface area contributed by atoms with E-state index < -0.39 is 5.41 Å². The Hall–Kier alpha value is -1.42. The smallest absolute Gasteiger partial charge is 0.232 e. The molecule has 0 unspecified atom stereocenters. The van der Waals surface area contributed by atoms with E-state index in [0.717, 1.165) is 31.4 Å². The predicted octanol–water partition coefficient (Wildman–Crippen LogP) is 2.32. The van der Waals surface area contributed by atoms with Gasteiger partial charge in [-0.15, -0.1) is 0 Å². The molecule has 98 valence electrons. The summed E-state index contributed by atoms with van der Waals surface area (Å²) >= 11 is 0. The van der Waals surface area contributed by atoms with Gasteiger partial charge in [0.1, 0.15) is 0 Å². The summed E-state index contributed by atoms with van der Waals surface area (Å²) in [4.78, 5) is 16.5. The Kier molecular flexibility index (Phi) is 3.97. The van der Waals surface area contributed by atoms with Crippen molar-refractivity contribution in [3.05, 3.63) is 24.5 Å². The standard InChI is InChI=1S/C14H21N3O/c1-11(15)14(7-3-2-4-8-14)13(18)17-12-5-9-16-10-6-12/h5-6,9-11H,2-4,7-8,15H2,1H3,(H,16,17,18)/t11-/m1/s1. The SMILES string of the molecule is C[C@@H](N)C1(C(=O)Nc2ccncc2)CCCCC1. The molecule has 0 radical (unpaired) electrons. The molecule has 0 aromatic carbocycles. The minimum Gasteiger partial charge on any atom is -0.327 e. The molecule has 1 aliphatic rings. The zero-order valence-electron chi connectivity index (χ0n) is 10.9. The van der Waals surface area contributed by atoms with Crippen LogP contribution in [0.15, 0.2) is 24.5 Å². The Balaban J connectivity index is 2.14. The molecule has 1 aromatic heterocycles. The molecule has 1 amide bonds. The summed E-state index contributed by atoms with van der Waals surface area (Å²) in [5.74, 6) is 0.0587. The second-order valence-electron chi connectivity index (χ2n) is 5.20. The van der Waals surface area contributed by atoms with E-state index in [0.29, 0.717) is 0 Å². The van der Waals surface area contributed by atoms with Crippen LogP contribution in [-0.2, 0) is 4.79 Å². The van der Waals surface area contributed by atoms with Crippen molar-refractivity contribution in [3.63, 3.8) is 0 Å². The summed E-state index contributed by atoms with van der Waals surface area (Å²) < 4.78 is 0. The van der Waals surface area contributed by atoms with Gasteiger partial charge in [0.25, 0.3) is 0 Å². The molecule has 1 heterocycles. The topological polar surface area (TPSA) is 68.0 Å². The average molecular weight is 247 g/mol. The maximum atomic E-state index is 12.5. The molecule has 1 aliphatic carbocycles. The van der Waals surface area contributed by atoms with Gasteiger partial charge in [-0.25, -0.2) is 0 Å². The predicted molar refractivity (Wildman–Crippen MR) is 72.0 cm³/mol. The lowest BCUT2D eigenvalue weighted by Gasteiger charge is -2.39. The first kappa shape index (κ1) is 13.0. The van der Waals surface area contributed by atoms with E-state index in [9.17, 15) is 4.79 Å². The fourth-order valence-corrected chi connectivity index (χ4v) is 2.76. The molecule has 1 atom stereocenters. The van der Waals surface area contributed by atoms with Gasteiger partial charge in [0, 0.05) is 24.1 Å². The second kappa shape index (κ2) is 5.48. The Labute approximate surface area is 108 Å². The van der Waals surface area contributed by atoms with E-state index in [-0.39, 0.29) is 11.9 Å². The number of nitrogens with two attached hydrogens (primary N) is 1. The highest BCUT2D eigenvalue weighted by molar-refractivity contribution is 5.95. The van der Waals surface area contributed by atoms with Crippen LogP contribution in [0, 0.1) is 5.41 Å². The molecule has 1 aromatic rings. The fraction of sp³-hybridized carbons (Fsp3) is 0.571. The van der Waals surface area contributed by atoms with Gasteiger partial charge in [-0.2, -0.15) is 0 Å². The molecule has 1 saturated carbocycles. The van der Waals surface area contributed by atoms with Gasteiger partial charge in [-0.05, 0) is 31.9 Å². The third-order valence-corrected chi connectivity index (χ3v) is 4.01. The van der Waals surface area contributed by atoms with Gasteiger partial charge >= 0.3 is 0 Å². The number of nitrogens with one attached hydrogen (secondary N) is 1. The highest BCUT2D eigenvalue weighted by Crippen LogP contribution is 2.39. The van der Waals surface area contributed by atoms with Crippen LogP contribution in [0.3, 0.4) is 0 Å². The van der Waals surface area contributed by atoms with Gasteiger partial charge in [0.2, 0.25) is 5.91 Å². The van der Waals surface area contributed by atoms with Crippen LogP contribution in [0.5, 0.6) is 0 Å². The number of anilines is 1. The lowest BCUT2D eigenvalue weighted by Crippen LogP contribution is -2.49. The molecule has 2 rings (SSSR count). The second-order valence-corrected chi connectivity index (χ2v) is 5.20. The highest BCUT2D eigenvalue weighted by Gasteiger charge is 2.42. The van der Waals surface area contributed by atoms with Crippen LogP contribution in [0.25, 0.3) is 0 Å². The molecule has 3 N–H and O–H groups in total. The zero-order valence-corrected chi connectivity index (χ0v) is 10.9. The van der Waals surface area contributed by atoms with Crippen molar-refractivity contribution in [2.45, 2.75) is 45.1 Å². The lowest BCUT2D eigenvalue weighted by molar-refractivity contribution is -0.128. The third kappa shape index (κ3) is 2.53. The summed E-state index contributed by atoms with van der Waals surface area (Å²) in [6.45, 7) is 1.94. The van der Waals surface area contributed by atoms with Crippen LogP contribution in [0.1, 0.15) is 39.0 Å². The van der Waals surface area contributed by atoms with Crippen molar-refractivity contribution in [2.75, 3.05) is 5.32 Å². The maximum absolute atomic E-state index is 12.5. The molecule has 0 saturated heterocycles. The average Bonchev–Trinajstić information content (AvgIpc) is 2.40. The molecule has 1 fully saturated rings. The number of hydrogen-bond acceptors (Lipinski definition) is 3. The van der Waals surface area contributed by atoms with Crippen molar-refractivity contribution in [1.82, 2.24) is 4.98 Å². The molecule has 0 aliphatic heterocycles.